The van der Waals surface area contributed by atoms with Gasteiger partial charge < -0.3 is 14.4 Å². The summed E-state index contributed by atoms with van der Waals surface area (Å²) in [4.78, 5) is 24.9. The molecule has 1 aromatic rings. The third-order valence-corrected chi connectivity index (χ3v) is 7.35. The number of urea groups is 1. The Morgan fingerprint density at radius 1 is 1.12 bits per heavy atom. The smallest absolute Gasteiger partial charge is 0.392 e. The van der Waals surface area contributed by atoms with Crippen molar-refractivity contribution in [2.75, 3.05) is 32.0 Å². The molecule has 0 aliphatic carbocycles. The van der Waals surface area contributed by atoms with Gasteiger partial charge in [0.05, 0.1) is 18.8 Å². The molecule has 0 unspecified atom stereocenters. The molecule has 1 aromatic carbocycles. The highest BCUT2D eigenvalue weighted by Crippen LogP contribution is 2.31. The lowest BCUT2D eigenvalue weighted by atomic mass is 10.1. The van der Waals surface area contributed by atoms with E-state index in [0.717, 1.165) is 0 Å². The number of amides is 3. The van der Waals surface area contributed by atoms with E-state index in [0.29, 0.717) is 18.6 Å². The molecule has 33 heavy (non-hydrogen) atoms. The van der Waals surface area contributed by atoms with Crippen LogP contribution < -0.4 is 14.8 Å². The van der Waals surface area contributed by atoms with Crippen LogP contribution in [0.25, 0.3) is 0 Å². The summed E-state index contributed by atoms with van der Waals surface area (Å²) in [6.07, 6.45) is -5.06. The van der Waals surface area contributed by atoms with E-state index in [-0.39, 0.29) is 31.5 Å². The molecule has 2 aliphatic heterocycles. The van der Waals surface area contributed by atoms with Crippen LogP contribution in [0.2, 0.25) is 0 Å². The second-order valence-electron chi connectivity index (χ2n) is 7.75. The van der Waals surface area contributed by atoms with Crippen molar-refractivity contribution >= 4 is 22.0 Å². The van der Waals surface area contributed by atoms with Gasteiger partial charge in [-0.25, -0.2) is 17.5 Å². The number of nitrogens with one attached hydrogen (secondary N) is 1. The number of para-hydroxylation sites is 2. The van der Waals surface area contributed by atoms with E-state index in [1.807, 2.05) is 0 Å². The van der Waals surface area contributed by atoms with Crippen LogP contribution in [0, 0.1) is 0 Å². The minimum absolute atomic E-state index is 0.151. The van der Waals surface area contributed by atoms with Gasteiger partial charge in [-0.15, -0.1) is 0 Å². The highest BCUT2D eigenvalue weighted by molar-refractivity contribution is 7.89. The number of piperidine rings is 1. The van der Waals surface area contributed by atoms with Crippen LogP contribution in [0.4, 0.5) is 18.0 Å². The number of rotatable bonds is 9. The Bertz CT molecular complexity index is 964. The standard InChI is InChI=1S/C20H26F3N3O6S/c1-2-26-15(18(27)24-19(26)28)13-33(29,30)25-10-7-14(8-11-25)32-17-6-4-3-5-16(17)31-12-9-20(21,22)23/h3-6,14-15H,2,7-13H2,1H3,(H,24,27,28)/t15-/m1/s1. The maximum absolute atomic E-state index is 12.8. The van der Waals surface area contributed by atoms with Crippen molar-refractivity contribution in [3.05, 3.63) is 24.3 Å². The number of imide groups is 1. The fourth-order valence-corrected chi connectivity index (χ4v) is 5.44. The van der Waals surface area contributed by atoms with Gasteiger partial charge in [-0.05, 0) is 31.9 Å². The Balaban J connectivity index is 1.55. The van der Waals surface area contributed by atoms with Gasteiger partial charge >= 0.3 is 12.2 Å². The minimum atomic E-state index is -4.32. The molecule has 2 heterocycles. The zero-order valence-corrected chi connectivity index (χ0v) is 18.8. The van der Waals surface area contributed by atoms with Crippen LogP contribution in [0.15, 0.2) is 24.3 Å². The predicted molar refractivity (Wildman–Crippen MR) is 111 cm³/mol. The number of carbonyl (C=O) groups is 2. The topological polar surface area (TPSA) is 105 Å². The first kappa shape index (κ1) is 25.1. The van der Waals surface area contributed by atoms with Gasteiger partial charge in [-0.1, -0.05) is 12.1 Å². The summed E-state index contributed by atoms with van der Waals surface area (Å²) in [6.45, 7) is 1.63. The van der Waals surface area contributed by atoms with Crippen molar-refractivity contribution in [3.63, 3.8) is 0 Å². The molecule has 2 saturated heterocycles. The first-order chi connectivity index (χ1) is 15.5. The summed E-state index contributed by atoms with van der Waals surface area (Å²) >= 11 is 0. The highest BCUT2D eigenvalue weighted by Gasteiger charge is 2.42. The summed E-state index contributed by atoms with van der Waals surface area (Å²) in [7, 11) is -3.80. The highest BCUT2D eigenvalue weighted by atomic mass is 32.2. The van der Waals surface area contributed by atoms with Crippen molar-refractivity contribution in [2.45, 2.75) is 44.5 Å². The maximum atomic E-state index is 12.8. The predicted octanol–water partition coefficient (Wildman–Crippen LogP) is 2.13. The van der Waals surface area contributed by atoms with Gasteiger partial charge in [0.25, 0.3) is 5.91 Å². The molecular weight excluding hydrogens is 467 g/mol. The van der Waals surface area contributed by atoms with Crippen LogP contribution in [0.1, 0.15) is 26.2 Å². The third-order valence-electron chi connectivity index (χ3n) is 5.46. The Morgan fingerprint density at radius 3 is 2.36 bits per heavy atom. The van der Waals surface area contributed by atoms with Crippen LogP contribution in [0.5, 0.6) is 11.5 Å². The summed E-state index contributed by atoms with van der Waals surface area (Å²) < 4.78 is 75.1. The number of ether oxygens (including phenoxy) is 2. The molecule has 184 valence electrons. The van der Waals surface area contributed by atoms with E-state index < -0.39 is 53.0 Å². The molecular formula is C20H26F3N3O6S. The SMILES string of the molecule is CCN1C(=O)NC(=O)[C@H]1CS(=O)(=O)N1CCC(Oc2ccccc2OCCC(F)(F)F)CC1. The van der Waals surface area contributed by atoms with E-state index in [1.54, 1.807) is 25.1 Å². The number of likely N-dealkylation sites (N-methyl/N-ethyl adjacent to an activating group) is 1. The Kier molecular flexibility index (Phi) is 7.73. The number of alkyl halides is 3. The molecule has 13 heteroatoms. The molecule has 0 aromatic heterocycles. The van der Waals surface area contributed by atoms with Gasteiger partial charge in [-0.2, -0.15) is 13.2 Å². The average molecular weight is 494 g/mol. The van der Waals surface area contributed by atoms with Crippen LogP contribution in [0.3, 0.4) is 0 Å². The lowest BCUT2D eigenvalue weighted by Crippen LogP contribution is -2.48. The van der Waals surface area contributed by atoms with E-state index in [2.05, 4.69) is 5.32 Å². The molecule has 9 nitrogen and oxygen atoms in total. The summed E-state index contributed by atoms with van der Waals surface area (Å²) in [5.41, 5.74) is 0. The summed E-state index contributed by atoms with van der Waals surface area (Å²) in [6, 6.07) is 4.71. The second kappa shape index (κ2) is 10.2. The summed E-state index contributed by atoms with van der Waals surface area (Å²) in [5, 5.41) is 2.13. The quantitative estimate of drug-likeness (QED) is 0.529. The number of hydrogen-bond donors (Lipinski definition) is 1. The normalized spacial score (nSPS) is 20.7. The molecule has 0 radical (unpaired) electrons. The molecule has 0 spiro atoms. The molecule has 2 aliphatic rings. The zero-order chi connectivity index (χ0) is 24.2. The van der Waals surface area contributed by atoms with Gasteiger partial charge in [-0.3, -0.25) is 10.1 Å². The van der Waals surface area contributed by atoms with Crippen molar-refractivity contribution < 1.29 is 40.7 Å². The monoisotopic (exact) mass is 493 g/mol. The molecule has 3 rings (SSSR count). The van der Waals surface area contributed by atoms with Gasteiger partial charge in [0.1, 0.15) is 12.1 Å². The van der Waals surface area contributed by atoms with E-state index >= 15 is 0 Å². The summed E-state index contributed by atoms with van der Waals surface area (Å²) in [5.74, 6) is -0.653. The molecule has 2 fully saturated rings. The lowest BCUT2D eigenvalue weighted by Gasteiger charge is -2.32. The number of carbonyl (C=O) groups excluding carboxylic acids is 2. The zero-order valence-electron chi connectivity index (χ0n) is 18.0. The van der Waals surface area contributed by atoms with E-state index in [4.69, 9.17) is 9.47 Å². The molecule has 1 N–H and O–H groups in total. The Hall–Kier alpha value is -2.54. The number of hydrogen-bond acceptors (Lipinski definition) is 6. The molecule has 0 bridgehead atoms. The van der Waals surface area contributed by atoms with E-state index in [9.17, 15) is 31.2 Å². The fourth-order valence-electron chi connectivity index (χ4n) is 3.73. The molecule has 3 amide bonds. The van der Waals surface area contributed by atoms with Gasteiger partial charge in [0, 0.05) is 19.6 Å². The third kappa shape index (κ3) is 6.50. The molecule has 0 saturated carbocycles. The van der Waals surface area contributed by atoms with Crippen molar-refractivity contribution in [1.82, 2.24) is 14.5 Å². The number of sulfonamides is 1. The van der Waals surface area contributed by atoms with Crippen LogP contribution >= 0.6 is 0 Å². The fraction of sp³-hybridized carbons (Fsp3) is 0.600. The number of halogens is 3. The number of benzene rings is 1. The maximum Gasteiger partial charge on any atom is 0.392 e. The van der Waals surface area contributed by atoms with Crippen molar-refractivity contribution in [3.8, 4) is 11.5 Å². The number of nitrogens with zero attached hydrogens (tertiary/aromatic N) is 2. The Labute approximate surface area is 189 Å². The Morgan fingerprint density at radius 2 is 1.76 bits per heavy atom. The van der Waals surface area contributed by atoms with E-state index in [1.165, 1.54) is 15.3 Å². The second-order valence-corrected chi connectivity index (χ2v) is 9.76. The van der Waals surface area contributed by atoms with Crippen molar-refractivity contribution in [2.24, 2.45) is 0 Å². The van der Waals surface area contributed by atoms with Crippen molar-refractivity contribution in [1.29, 1.82) is 0 Å². The average Bonchev–Trinajstić information content (AvgIpc) is 3.00. The first-order valence-corrected chi connectivity index (χ1v) is 12.2. The van der Waals surface area contributed by atoms with Gasteiger partial charge in [0.15, 0.2) is 11.5 Å². The van der Waals surface area contributed by atoms with Gasteiger partial charge in [0.2, 0.25) is 10.0 Å². The minimum Gasteiger partial charge on any atom is -0.489 e. The first-order valence-electron chi connectivity index (χ1n) is 10.5. The largest absolute Gasteiger partial charge is 0.489 e. The van der Waals surface area contributed by atoms with Crippen LogP contribution in [-0.2, 0) is 14.8 Å². The molecule has 1 atom stereocenters. The van der Waals surface area contributed by atoms with Crippen LogP contribution in [-0.4, -0.2) is 79.9 Å². The lowest BCUT2D eigenvalue weighted by molar-refractivity contribution is -0.139.